The van der Waals surface area contributed by atoms with Gasteiger partial charge in [-0.3, -0.25) is 9.59 Å². The molecule has 0 bridgehead atoms. The van der Waals surface area contributed by atoms with Crippen molar-refractivity contribution in [3.63, 3.8) is 0 Å². The fourth-order valence-corrected chi connectivity index (χ4v) is 2.60. The van der Waals surface area contributed by atoms with Crippen LogP contribution in [0.1, 0.15) is 24.5 Å². The Hall–Kier alpha value is -3.02. The summed E-state index contributed by atoms with van der Waals surface area (Å²) in [5.74, 6) is 1.06. The van der Waals surface area contributed by atoms with Crippen molar-refractivity contribution in [2.45, 2.75) is 26.7 Å². The normalized spacial score (nSPS) is 10.2. The molecule has 2 N–H and O–H groups in total. The second-order valence-corrected chi connectivity index (χ2v) is 5.90. The van der Waals surface area contributed by atoms with Crippen LogP contribution in [0.25, 0.3) is 0 Å². The molecule has 6 nitrogen and oxygen atoms in total. The molecule has 2 amide bonds. The van der Waals surface area contributed by atoms with E-state index in [2.05, 4.69) is 10.6 Å². The number of nitrogens with one attached hydrogen (secondary N) is 2. The molecule has 0 aliphatic heterocycles. The minimum atomic E-state index is -0.148. The highest BCUT2D eigenvalue weighted by molar-refractivity contribution is 5.95. The lowest BCUT2D eigenvalue weighted by molar-refractivity contribution is -0.116. The number of hydrogen-bond acceptors (Lipinski definition) is 4. The van der Waals surface area contributed by atoms with Gasteiger partial charge in [-0.1, -0.05) is 12.1 Å². The third-order valence-electron chi connectivity index (χ3n) is 4.01. The number of anilines is 2. The van der Waals surface area contributed by atoms with Gasteiger partial charge in [-0.15, -0.1) is 0 Å². The van der Waals surface area contributed by atoms with Gasteiger partial charge in [-0.2, -0.15) is 0 Å². The third-order valence-corrected chi connectivity index (χ3v) is 4.01. The maximum atomic E-state index is 12.3. The number of hydrogen-bond donors (Lipinski definition) is 2. The van der Waals surface area contributed by atoms with Crippen LogP contribution in [-0.2, 0) is 16.0 Å². The van der Waals surface area contributed by atoms with Gasteiger partial charge < -0.3 is 20.1 Å². The molecular formula is C20H24N2O4. The summed E-state index contributed by atoms with van der Waals surface area (Å²) in [6.45, 7) is 3.31. The van der Waals surface area contributed by atoms with Crippen molar-refractivity contribution in [3.8, 4) is 11.5 Å². The molecule has 0 radical (unpaired) electrons. The van der Waals surface area contributed by atoms with Crippen LogP contribution in [0, 0.1) is 6.92 Å². The number of ether oxygens (including phenoxy) is 2. The molecule has 0 aliphatic carbocycles. The molecule has 0 saturated carbocycles. The summed E-state index contributed by atoms with van der Waals surface area (Å²) >= 11 is 0. The van der Waals surface area contributed by atoms with Crippen LogP contribution in [0.3, 0.4) is 0 Å². The predicted octanol–water partition coefficient (Wildman–Crippen LogP) is 3.54. The lowest BCUT2D eigenvalue weighted by Gasteiger charge is -2.13. The fraction of sp³-hybridized carbons (Fsp3) is 0.300. The predicted molar refractivity (Wildman–Crippen MR) is 102 cm³/mol. The van der Waals surface area contributed by atoms with Gasteiger partial charge in [-0.25, -0.2) is 0 Å². The van der Waals surface area contributed by atoms with Crippen LogP contribution >= 0.6 is 0 Å². The lowest BCUT2D eigenvalue weighted by atomic mass is 10.1. The van der Waals surface area contributed by atoms with E-state index < -0.39 is 0 Å². The summed E-state index contributed by atoms with van der Waals surface area (Å²) < 4.78 is 10.5. The maximum Gasteiger partial charge on any atom is 0.224 e. The van der Waals surface area contributed by atoms with Crippen LogP contribution in [0.4, 0.5) is 11.4 Å². The third kappa shape index (κ3) is 4.99. The average Bonchev–Trinajstić information content (AvgIpc) is 2.62. The number of benzene rings is 2. The van der Waals surface area contributed by atoms with Crippen molar-refractivity contribution < 1.29 is 19.1 Å². The summed E-state index contributed by atoms with van der Waals surface area (Å²) in [4.78, 5) is 23.5. The van der Waals surface area contributed by atoms with Gasteiger partial charge in [0.1, 0.15) is 0 Å². The Morgan fingerprint density at radius 3 is 2.23 bits per heavy atom. The van der Waals surface area contributed by atoms with Crippen LogP contribution in [0.15, 0.2) is 36.4 Å². The summed E-state index contributed by atoms with van der Waals surface area (Å²) in [6.07, 6.45) is 0.913. The molecule has 0 spiro atoms. The number of methoxy groups -OCH3 is 2. The number of amides is 2. The van der Waals surface area contributed by atoms with Crippen LogP contribution in [0.5, 0.6) is 11.5 Å². The van der Waals surface area contributed by atoms with Gasteiger partial charge in [0.15, 0.2) is 11.5 Å². The Labute approximate surface area is 153 Å². The Morgan fingerprint density at radius 1 is 0.962 bits per heavy atom. The average molecular weight is 356 g/mol. The van der Waals surface area contributed by atoms with Crippen molar-refractivity contribution in [1.82, 2.24) is 0 Å². The van der Waals surface area contributed by atoms with E-state index in [1.54, 1.807) is 26.4 Å². The molecule has 2 aromatic carbocycles. The standard InChI is InChI=1S/C20H24N2O4/c1-13-16(21-14(2)23)6-5-7-17(13)22-20(24)11-9-15-8-10-18(25-3)19(12-15)26-4/h5-8,10,12H,9,11H2,1-4H3,(H,21,23)(H,22,24). The first-order valence-electron chi connectivity index (χ1n) is 8.32. The van der Waals surface area contributed by atoms with Crippen molar-refractivity contribution in [3.05, 3.63) is 47.5 Å². The summed E-state index contributed by atoms with van der Waals surface area (Å²) in [6, 6.07) is 11.0. The van der Waals surface area contributed by atoms with Crippen LogP contribution in [-0.4, -0.2) is 26.0 Å². The second kappa shape index (κ2) is 8.89. The van der Waals surface area contributed by atoms with E-state index in [0.717, 1.165) is 11.1 Å². The number of carbonyl (C=O) groups is 2. The summed E-state index contributed by atoms with van der Waals surface area (Å²) in [5.41, 5.74) is 3.19. The Kier molecular flexibility index (Phi) is 6.60. The zero-order valence-corrected chi connectivity index (χ0v) is 15.5. The highest BCUT2D eigenvalue weighted by Gasteiger charge is 2.10. The minimum Gasteiger partial charge on any atom is -0.493 e. The molecule has 0 aromatic heterocycles. The number of carbonyl (C=O) groups excluding carboxylic acids is 2. The van der Waals surface area contributed by atoms with Crippen LogP contribution in [0.2, 0.25) is 0 Å². The second-order valence-electron chi connectivity index (χ2n) is 5.90. The molecule has 2 rings (SSSR count). The lowest BCUT2D eigenvalue weighted by Crippen LogP contribution is -2.14. The highest BCUT2D eigenvalue weighted by Crippen LogP contribution is 2.28. The van der Waals surface area contributed by atoms with Gasteiger partial charge in [0.05, 0.1) is 14.2 Å². The van der Waals surface area contributed by atoms with Crippen molar-refractivity contribution in [2.24, 2.45) is 0 Å². The van der Waals surface area contributed by atoms with Gasteiger partial charge in [0.2, 0.25) is 11.8 Å². The Bertz CT molecular complexity index is 802. The molecule has 2 aromatic rings. The maximum absolute atomic E-state index is 12.3. The van der Waals surface area contributed by atoms with Crippen LogP contribution < -0.4 is 20.1 Å². The van der Waals surface area contributed by atoms with E-state index in [0.29, 0.717) is 35.7 Å². The molecule has 6 heteroatoms. The Balaban J connectivity index is 2.00. The van der Waals surface area contributed by atoms with E-state index in [4.69, 9.17) is 9.47 Å². The number of rotatable bonds is 7. The van der Waals surface area contributed by atoms with Crippen molar-refractivity contribution >= 4 is 23.2 Å². The molecule has 26 heavy (non-hydrogen) atoms. The van der Waals surface area contributed by atoms with E-state index in [1.807, 2.05) is 31.2 Å². The topological polar surface area (TPSA) is 76.7 Å². The number of aryl methyl sites for hydroxylation is 1. The smallest absolute Gasteiger partial charge is 0.224 e. The molecule has 0 heterocycles. The summed E-state index contributed by atoms with van der Waals surface area (Å²) in [7, 11) is 3.17. The van der Waals surface area contributed by atoms with Crippen molar-refractivity contribution in [2.75, 3.05) is 24.9 Å². The van der Waals surface area contributed by atoms with E-state index in [1.165, 1.54) is 6.92 Å². The fourth-order valence-electron chi connectivity index (χ4n) is 2.60. The molecule has 138 valence electrons. The zero-order chi connectivity index (χ0) is 19.1. The molecule has 0 unspecified atom stereocenters. The first kappa shape index (κ1) is 19.3. The zero-order valence-electron chi connectivity index (χ0n) is 15.5. The molecule has 0 aliphatic rings. The highest BCUT2D eigenvalue weighted by atomic mass is 16.5. The Morgan fingerprint density at radius 2 is 1.62 bits per heavy atom. The molecular weight excluding hydrogens is 332 g/mol. The van der Waals surface area contributed by atoms with E-state index in [9.17, 15) is 9.59 Å². The van der Waals surface area contributed by atoms with Crippen molar-refractivity contribution in [1.29, 1.82) is 0 Å². The molecule has 0 atom stereocenters. The summed E-state index contributed by atoms with van der Waals surface area (Å²) in [5, 5.41) is 5.65. The molecule has 0 fully saturated rings. The van der Waals surface area contributed by atoms with Gasteiger partial charge in [0.25, 0.3) is 0 Å². The first-order valence-corrected chi connectivity index (χ1v) is 8.32. The van der Waals surface area contributed by atoms with Gasteiger partial charge in [-0.05, 0) is 48.7 Å². The largest absolute Gasteiger partial charge is 0.493 e. The monoisotopic (exact) mass is 356 g/mol. The van der Waals surface area contributed by atoms with Gasteiger partial charge >= 0.3 is 0 Å². The minimum absolute atomic E-state index is 0.0946. The molecule has 0 saturated heterocycles. The van der Waals surface area contributed by atoms with E-state index in [-0.39, 0.29) is 11.8 Å². The quantitative estimate of drug-likeness (QED) is 0.795. The SMILES string of the molecule is COc1ccc(CCC(=O)Nc2cccc(NC(C)=O)c2C)cc1OC. The van der Waals surface area contributed by atoms with E-state index >= 15 is 0 Å². The first-order chi connectivity index (χ1) is 12.4. The van der Waals surface area contributed by atoms with Gasteiger partial charge in [0, 0.05) is 24.7 Å².